The molecule has 0 aromatic heterocycles. The second kappa shape index (κ2) is 5.63. The minimum Gasteiger partial charge on any atom is -0.489 e. The Labute approximate surface area is 115 Å². The lowest BCUT2D eigenvalue weighted by molar-refractivity contribution is 0.0697. The third-order valence-electron chi connectivity index (χ3n) is 2.55. The lowest BCUT2D eigenvalue weighted by atomic mass is 10.1. The number of halogens is 1. The summed E-state index contributed by atoms with van der Waals surface area (Å²) >= 11 is 5.86. The van der Waals surface area contributed by atoms with E-state index in [0.29, 0.717) is 17.4 Å². The minimum atomic E-state index is -1.08. The second-order valence-corrected chi connectivity index (χ2v) is 4.41. The van der Waals surface area contributed by atoms with Crippen LogP contribution in [-0.2, 0) is 6.61 Å². The number of carboxylic acid groups (broad SMARTS) is 1. The van der Waals surface area contributed by atoms with Gasteiger partial charge < -0.3 is 15.6 Å². The number of hydrogen-bond donors (Lipinski definition) is 2. The van der Waals surface area contributed by atoms with Gasteiger partial charge in [-0.3, -0.25) is 0 Å². The molecule has 0 unspecified atom stereocenters. The average Bonchev–Trinajstić information content (AvgIpc) is 2.37. The zero-order chi connectivity index (χ0) is 13.8. The van der Waals surface area contributed by atoms with Crippen molar-refractivity contribution in [1.82, 2.24) is 0 Å². The highest BCUT2D eigenvalue weighted by Gasteiger charge is 2.09. The third kappa shape index (κ3) is 3.39. The molecule has 2 aromatic carbocycles. The molecule has 0 amide bonds. The summed E-state index contributed by atoms with van der Waals surface area (Å²) in [7, 11) is 0. The summed E-state index contributed by atoms with van der Waals surface area (Å²) in [4.78, 5) is 10.9. The van der Waals surface area contributed by atoms with Gasteiger partial charge in [0.25, 0.3) is 0 Å². The first-order chi connectivity index (χ1) is 9.06. The van der Waals surface area contributed by atoms with Gasteiger partial charge in [-0.15, -0.1) is 0 Å². The van der Waals surface area contributed by atoms with Gasteiger partial charge in [-0.2, -0.15) is 0 Å². The SMILES string of the molecule is Nc1ccc(OCc2cccc(Cl)c2)cc1C(=O)O. The summed E-state index contributed by atoms with van der Waals surface area (Å²) < 4.78 is 5.52. The van der Waals surface area contributed by atoms with Crippen molar-refractivity contribution < 1.29 is 14.6 Å². The molecule has 0 bridgehead atoms. The molecule has 4 nitrogen and oxygen atoms in total. The molecule has 0 fully saturated rings. The van der Waals surface area contributed by atoms with Crippen molar-refractivity contribution in [1.29, 1.82) is 0 Å². The highest BCUT2D eigenvalue weighted by Crippen LogP contribution is 2.21. The number of nitrogens with two attached hydrogens (primary N) is 1. The molecule has 0 aliphatic carbocycles. The van der Waals surface area contributed by atoms with Gasteiger partial charge in [0.05, 0.1) is 5.56 Å². The monoisotopic (exact) mass is 277 g/mol. The van der Waals surface area contributed by atoms with E-state index in [1.807, 2.05) is 12.1 Å². The Bertz CT molecular complexity index is 613. The number of ether oxygens (including phenoxy) is 1. The largest absolute Gasteiger partial charge is 0.489 e. The van der Waals surface area contributed by atoms with Crippen LogP contribution in [0.5, 0.6) is 5.75 Å². The van der Waals surface area contributed by atoms with Gasteiger partial charge in [0.15, 0.2) is 0 Å². The summed E-state index contributed by atoms with van der Waals surface area (Å²) in [6.07, 6.45) is 0. The Morgan fingerprint density at radius 3 is 2.74 bits per heavy atom. The molecule has 5 heteroatoms. The van der Waals surface area contributed by atoms with Crippen LogP contribution in [-0.4, -0.2) is 11.1 Å². The van der Waals surface area contributed by atoms with Crippen LogP contribution in [0.1, 0.15) is 15.9 Å². The highest BCUT2D eigenvalue weighted by molar-refractivity contribution is 6.30. The Balaban J connectivity index is 2.12. The van der Waals surface area contributed by atoms with E-state index in [0.717, 1.165) is 5.56 Å². The van der Waals surface area contributed by atoms with Crippen LogP contribution in [0.2, 0.25) is 5.02 Å². The standard InChI is InChI=1S/C14H12ClNO3/c15-10-3-1-2-9(6-10)8-19-11-4-5-13(16)12(7-11)14(17)18/h1-7H,8,16H2,(H,17,18). The van der Waals surface area contributed by atoms with Crippen LogP contribution in [0, 0.1) is 0 Å². The summed E-state index contributed by atoms with van der Waals surface area (Å²) in [6.45, 7) is 0.309. The number of rotatable bonds is 4. The van der Waals surface area contributed by atoms with Crippen LogP contribution >= 0.6 is 11.6 Å². The van der Waals surface area contributed by atoms with E-state index in [1.54, 1.807) is 18.2 Å². The number of aromatic carboxylic acids is 1. The predicted molar refractivity (Wildman–Crippen MR) is 73.6 cm³/mol. The van der Waals surface area contributed by atoms with Gasteiger partial charge in [-0.1, -0.05) is 23.7 Å². The molecule has 0 aliphatic heterocycles. The molecule has 0 radical (unpaired) electrons. The molecule has 0 saturated carbocycles. The van der Waals surface area contributed by atoms with E-state index in [-0.39, 0.29) is 11.3 Å². The van der Waals surface area contributed by atoms with Crippen LogP contribution in [0.4, 0.5) is 5.69 Å². The number of anilines is 1. The lowest BCUT2D eigenvalue weighted by Crippen LogP contribution is -2.03. The molecule has 0 aliphatic rings. The fourth-order valence-corrected chi connectivity index (χ4v) is 1.82. The van der Waals surface area contributed by atoms with Crippen LogP contribution in [0.15, 0.2) is 42.5 Å². The predicted octanol–water partition coefficient (Wildman–Crippen LogP) is 3.20. The number of carboxylic acids is 1. The first kappa shape index (κ1) is 13.2. The topological polar surface area (TPSA) is 72.5 Å². The third-order valence-corrected chi connectivity index (χ3v) is 2.78. The highest BCUT2D eigenvalue weighted by atomic mass is 35.5. The molecular weight excluding hydrogens is 266 g/mol. The van der Waals surface area contributed by atoms with Gasteiger partial charge in [0, 0.05) is 10.7 Å². The van der Waals surface area contributed by atoms with Gasteiger partial charge >= 0.3 is 5.97 Å². The Hall–Kier alpha value is -2.20. The molecule has 0 atom stereocenters. The van der Waals surface area contributed by atoms with Gasteiger partial charge in [0.1, 0.15) is 12.4 Å². The normalized spacial score (nSPS) is 10.2. The fraction of sp³-hybridized carbons (Fsp3) is 0.0714. The van der Waals surface area contributed by atoms with Crippen LogP contribution < -0.4 is 10.5 Å². The molecule has 98 valence electrons. The van der Waals surface area contributed by atoms with Crippen molar-refractivity contribution in [3.05, 3.63) is 58.6 Å². The van der Waals surface area contributed by atoms with Crippen molar-refractivity contribution in [2.24, 2.45) is 0 Å². The van der Waals surface area contributed by atoms with Gasteiger partial charge in [0.2, 0.25) is 0 Å². The molecule has 0 spiro atoms. The van der Waals surface area contributed by atoms with Crippen molar-refractivity contribution in [3.63, 3.8) is 0 Å². The van der Waals surface area contributed by atoms with E-state index in [1.165, 1.54) is 12.1 Å². The Morgan fingerprint density at radius 2 is 2.05 bits per heavy atom. The van der Waals surface area contributed by atoms with E-state index in [4.69, 9.17) is 27.2 Å². The van der Waals surface area contributed by atoms with E-state index < -0.39 is 5.97 Å². The first-order valence-corrected chi connectivity index (χ1v) is 5.94. The first-order valence-electron chi connectivity index (χ1n) is 5.56. The maximum Gasteiger partial charge on any atom is 0.337 e. The molecule has 2 aromatic rings. The summed E-state index contributed by atoms with van der Waals surface area (Å²) in [6, 6.07) is 11.8. The van der Waals surface area contributed by atoms with Crippen molar-refractivity contribution in [2.45, 2.75) is 6.61 Å². The summed E-state index contributed by atoms with van der Waals surface area (Å²) in [5.41, 5.74) is 6.71. The quantitative estimate of drug-likeness (QED) is 0.842. The minimum absolute atomic E-state index is 0.0311. The van der Waals surface area contributed by atoms with Crippen molar-refractivity contribution in [2.75, 3.05) is 5.73 Å². The van der Waals surface area contributed by atoms with E-state index in [9.17, 15) is 4.79 Å². The Morgan fingerprint density at radius 1 is 1.26 bits per heavy atom. The average molecular weight is 278 g/mol. The van der Waals surface area contributed by atoms with E-state index in [2.05, 4.69) is 0 Å². The molecule has 2 rings (SSSR count). The van der Waals surface area contributed by atoms with Crippen LogP contribution in [0.25, 0.3) is 0 Å². The van der Waals surface area contributed by atoms with E-state index >= 15 is 0 Å². The summed E-state index contributed by atoms with van der Waals surface area (Å²) in [5, 5.41) is 9.59. The number of hydrogen-bond acceptors (Lipinski definition) is 3. The molecule has 19 heavy (non-hydrogen) atoms. The zero-order valence-electron chi connectivity index (χ0n) is 9.97. The summed E-state index contributed by atoms with van der Waals surface area (Å²) in [5.74, 6) is -0.628. The smallest absolute Gasteiger partial charge is 0.337 e. The number of carbonyl (C=O) groups is 1. The Kier molecular flexibility index (Phi) is 3.92. The molecule has 0 heterocycles. The van der Waals surface area contributed by atoms with Crippen molar-refractivity contribution in [3.8, 4) is 5.75 Å². The zero-order valence-corrected chi connectivity index (χ0v) is 10.7. The molecule has 3 N–H and O–H groups in total. The lowest BCUT2D eigenvalue weighted by Gasteiger charge is -2.08. The van der Waals surface area contributed by atoms with Crippen molar-refractivity contribution >= 4 is 23.3 Å². The maximum atomic E-state index is 10.9. The van der Waals surface area contributed by atoms with Crippen LogP contribution in [0.3, 0.4) is 0 Å². The number of benzene rings is 2. The van der Waals surface area contributed by atoms with Gasteiger partial charge in [-0.25, -0.2) is 4.79 Å². The maximum absolute atomic E-state index is 10.9. The van der Waals surface area contributed by atoms with Gasteiger partial charge in [-0.05, 0) is 35.9 Å². The molecule has 0 saturated heterocycles. The second-order valence-electron chi connectivity index (χ2n) is 3.97. The fourth-order valence-electron chi connectivity index (χ4n) is 1.60. The molecular formula is C14H12ClNO3. The number of nitrogen functional groups attached to an aromatic ring is 1.